The third-order valence-electron chi connectivity index (χ3n) is 5.13. The van der Waals surface area contributed by atoms with Crippen LogP contribution in [-0.4, -0.2) is 37.8 Å². The van der Waals surface area contributed by atoms with Gasteiger partial charge >= 0.3 is 0 Å². The summed E-state index contributed by atoms with van der Waals surface area (Å²) in [4.78, 5) is 35.5. The van der Waals surface area contributed by atoms with Crippen molar-refractivity contribution in [2.24, 2.45) is 5.92 Å². The van der Waals surface area contributed by atoms with E-state index >= 15 is 0 Å². The summed E-state index contributed by atoms with van der Waals surface area (Å²) in [7, 11) is -1.70. The number of rotatable bonds is 11. The summed E-state index contributed by atoms with van der Waals surface area (Å²) in [5.41, 5.74) is 0.457. The number of carbonyl (C=O) groups excluding carboxylic acids is 3. The lowest BCUT2D eigenvalue weighted by Crippen LogP contribution is -2.43. The second-order valence-electron chi connectivity index (χ2n) is 8.70. The maximum absolute atomic E-state index is 12.5. The molecule has 2 atom stereocenters. The number of carbonyl (C=O) groups is 3. The van der Waals surface area contributed by atoms with E-state index in [0.29, 0.717) is 5.57 Å². The number of ketones is 1. The summed E-state index contributed by atoms with van der Waals surface area (Å²) < 4.78 is 6.13. The van der Waals surface area contributed by atoms with Crippen molar-refractivity contribution >= 4 is 37.8 Å². The van der Waals surface area contributed by atoms with Crippen LogP contribution >= 0.6 is 12.6 Å². The second kappa shape index (κ2) is 11.7. The molecule has 0 radical (unpaired) electrons. The quantitative estimate of drug-likeness (QED) is 0.128. The fraction of sp³-hybridized carbons (Fsp3) is 0.667. The lowest BCUT2D eigenvalue weighted by Gasteiger charge is -2.36. The van der Waals surface area contributed by atoms with Crippen molar-refractivity contribution in [1.29, 1.82) is 0 Å². The first-order chi connectivity index (χ1) is 12.7. The maximum atomic E-state index is 12.5. The summed E-state index contributed by atoms with van der Waals surface area (Å²) in [6, 6.07) is -0.602. The van der Waals surface area contributed by atoms with Crippen molar-refractivity contribution in [3.63, 3.8) is 0 Å². The van der Waals surface area contributed by atoms with E-state index in [1.54, 1.807) is 19.9 Å². The molecule has 0 aliphatic rings. The van der Waals surface area contributed by atoms with Crippen molar-refractivity contribution in [3.8, 4) is 0 Å². The number of thiol groups is 1. The van der Waals surface area contributed by atoms with E-state index in [1.807, 2.05) is 12.2 Å². The number of hydrogen-bond acceptors (Lipinski definition) is 4. The minimum Gasteiger partial charge on any atom is -0.417 e. The first kappa shape index (κ1) is 26.8. The molecule has 0 aliphatic carbocycles. The average Bonchev–Trinajstić information content (AvgIpc) is 2.51. The standard InChI is InChI=1S/C21H37NO4SSi/c1-15(19(24)18(20(25)27)16(2)22-17(3)23)13-11-9-10-12-14-26-28(7,8)21(4,5)6/h9,11,13,16,18H,10,12,14H2,1-8H3,(H,22,23)(H,25,27)/b11-9+,15-13+/t16?,18-/m0/s1. The highest BCUT2D eigenvalue weighted by molar-refractivity contribution is 7.96. The Labute approximate surface area is 176 Å². The fourth-order valence-electron chi connectivity index (χ4n) is 2.34. The summed E-state index contributed by atoms with van der Waals surface area (Å²) in [5, 5.41) is 2.24. The van der Waals surface area contributed by atoms with E-state index < -0.39 is 25.4 Å². The van der Waals surface area contributed by atoms with Gasteiger partial charge in [0.25, 0.3) is 0 Å². The lowest BCUT2D eigenvalue weighted by molar-refractivity contribution is -0.127. The molecule has 28 heavy (non-hydrogen) atoms. The van der Waals surface area contributed by atoms with Gasteiger partial charge in [-0.2, -0.15) is 0 Å². The monoisotopic (exact) mass is 427 g/mol. The number of unbranched alkanes of at least 4 members (excludes halogenated alkanes) is 1. The smallest absolute Gasteiger partial charge is 0.217 e. The van der Waals surface area contributed by atoms with Gasteiger partial charge < -0.3 is 9.74 Å². The third-order valence-corrected chi connectivity index (χ3v) is 9.95. The van der Waals surface area contributed by atoms with Gasteiger partial charge in [-0.05, 0) is 50.4 Å². The van der Waals surface area contributed by atoms with E-state index in [4.69, 9.17) is 4.43 Å². The van der Waals surface area contributed by atoms with Gasteiger partial charge in [-0.3, -0.25) is 14.4 Å². The second-order valence-corrected chi connectivity index (χ2v) is 13.9. The molecule has 7 heteroatoms. The van der Waals surface area contributed by atoms with Crippen molar-refractivity contribution in [1.82, 2.24) is 5.32 Å². The molecule has 0 saturated heterocycles. The van der Waals surface area contributed by atoms with Gasteiger partial charge in [0.15, 0.2) is 19.2 Å². The van der Waals surface area contributed by atoms with Crippen molar-refractivity contribution < 1.29 is 18.8 Å². The number of hydrogen-bond donors (Lipinski definition) is 2. The molecule has 1 amide bonds. The highest BCUT2D eigenvalue weighted by Crippen LogP contribution is 2.36. The molecule has 0 bridgehead atoms. The Hall–Kier alpha value is -1.18. The Bertz CT molecular complexity index is 620. The van der Waals surface area contributed by atoms with Crippen LogP contribution in [0.4, 0.5) is 0 Å². The summed E-state index contributed by atoms with van der Waals surface area (Å²) in [6.45, 7) is 16.5. The predicted octanol–water partition coefficient (Wildman–Crippen LogP) is 4.46. The van der Waals surface area contributed by atoms with E-state index in [9.17, 15) is 14.4 Å². The first-order valence-corrected chi connectivity index (χ1v) is 13.1. The third kappa shape index (κ3) is 9.34. The van der Waals surface area contributed by atoms with Crippen molar-refractivity contribution in [2.75, 3.05) is 6.61 Å². The largest absolute Gasteiger partial charge is 0.417 e. The lowest BCUT2D eigenvalue weighted by atomic mass is 9.92. The number of amides is 1. The van der Waals surface area contributed by atoms with Crippen LogP contribution in [0.5, 0.6) is 0 Å². The topological polar surface area (TPSA) is 72.5 Å². The van der Waals surface area contributed by atoms with E-state index in [2.05, 4.69) is 51.8 Å². The van der Waals surface area contributed by atoms with Gasteiger partial charge in [0.05, 0.1) is 0 Å². The molecule has 1 N–H and O–H groups in total. The molecule has 0 fully saturated rings. The zero-order chi connectivity index (χ0) is 22.1. The normalized spacial score (nSPS) is 15.4. The van der Waals surface area contributed by atoms with Crippen molar-refractivity contribution in [3.05, 3.63) is 23.8 Å². The maximum Gasteiger partial charge on any atom is 0.217 e. The molecule has 0 heterocycles. The van der Waals surface area contributed by atoms with Gasteiger partial charge in [-0.25, -0.2) is 0 Å². The molecule has 5 nitrogen and oxygen atoms in total. The zero-order valence-electron chi connectivity index (χ0n) is 18.6. The Morgan fingerprint density at radius 1 is 1.18 bits per heavy atom. The fourth-order valence-corrected chi connectivity index (χ4v) is 3.77. The Morgan fingerprint density at radius 3 is 2.21 bits per heavy atom. The summed E-state index contributed by atoms with van der Waals surface area (Å²) in [5.74, 6) is -1.61. The molecule has 1 unspecified atom stereocenters. The minimum absolute atomic E-state index is 0.207. The molecule has 0 aromatic rings. The number of allylic oxidation sites excluding steroid dienone is 4. The van der Waals surface area contributed by atoms with Gasteiger partial charge in [-0.15, -0.1) is 12.6 Å². The van der Waals surface area contributed by atoms with Gasteiger partial charge in [-0.1, -0.05) is 39.0 Å². The Kier molecular flexibility index (Phi) is 11.2. The van der Waals surface area contributed by atoms with Crippen LogP contribution < -0.4 is 5.32 Å². The van der Waals surface area contributed by atoms with Gasteiger partial charge in [0, 0.05) is 19.6 Å². The molecule has 0 saturated carbocycles. The zero-order valence-corrected chi connectivity index (χ0v) is 20.5. The van der Waals surface area contributed by atoms with Crippen LogP contribution in [-0.2, 0) is 18.8 Å². The molecule has 0 aromatic heterocycles. The molecule has 0 aliphatic heterocycles. The number of Topliss-reactive ketones (excluding diaryl/α,β-unsaturated/α-hetero) is 1. The van der Waals surface area contributed by atoms with Crippen LogP contribution in [0.1, 0.15) is 54.4 Å². The molecule has 160 valence electrons. The van der Waals surface area contributed by atoms with E-state index in [1.165, 1.54) is 6.92 Å². The van der Waals surface area contributed by atoms with Crippen molar-refractivity contribution in [2.45, 2.75) is 78.6 Å². The molecule has 0 aromatic carbocycles. The van der Waals surface area contributed by atoms with Crippen LogP contribution in [0.15, 0.2) is 23.8 Å². The SMILES string of the molecule is CC(=O)NC(C)[C@H](C(=O)S)C(=O)/C(C)=C/C=C/CCCO[Si](C)(C)C(C)(C)C. The molecule has 0 rings (SSSR count). The van der Waals surface area contributed by atoms with Crippen LogP contribution in [0.3, 0.4) is 0 Å². The highest BCUT2D eigenvalue weighted by Gasteiger charge is 2.36. The molecule has 0 spiro atoms. The van der Waals surface area contributed by atoms with Crippen LogP contribution in [0.2, 0.25) is 18.1 Å². The highest BCUT2D eigenvalue weighted by atomic mass is 32.1. The van der Waals surface area contributed by atoms with Gasteiger partial charge in [0.2, 0.25) is 5.91 Å². The van der Waals surface area contributed by atoms with Gasteiger partial charge in [0.1, 0.15) is 5.92 Å². The average molecular weight is 428 g/mol. The van der Waals surface area contributed by atoms with Crippen LogP contribution in [0.25, 0.3) is 0 Å². The predicted molar refractivity (Wildman–Crippen MR) is 121 cm³/mol. The van der Waals surface area contributed by atoms with E-state index in [-0.39, 0.29) is 16.7 Å². The summed E-state index contributed by atoms with van der Waals surface area (Å²) >= 11 is 3.81. The molecular weight excluding hydrogens is 390 g/mol. The summed E-state index contributed by atoms with van der Waals surface area (Å²) in [6.07, 6.45) is 7.27. The molecular formula is C21H37NO4SSi. The van der Waals surface area contributed by atoms with Crippen LogP contribution in [0, 0.1) is 5.92 Å². The Balaban J connectivity index is 4.64. The number of nitrogens with one attached hydrogen (secondary N) is 1. The van der Waals surface area contributed by atoms with E-state index in [0.717, 1.165) is 19.4 Å². The minimum atomic E-state index is -1.70. The Morgan fingerprint density at radius 2 is 1.75 bits per heavy atom. The first-order valence-electron chi connectivity index (χ1n) is 9.72.